The summed E-state index contributed by atoms with van der Waals surface area (Å²) in [5, 5.41) is 4.15. The number of rotatable bonds is 3. The summed E-state index contributed by atoms with van der Waals surface area (Å²) in [5.41, 5.74) is 0.892. The molecule has 19 heavy (non-hydrogen) atoms. The average molecular weight is 258 g/mol. The highest BCUT2D eigenvalue weighted by Crippen LogP contribution is 2.07. The van der Waals surface area contributed by atoms with Crippen LogP contribution in [-0.2, 0) is 0 Å². The predicted molar refractivity (Wildman–Crippen MR) is 69.4 cm³/mol. The first-order valence-corrected chi connectivity index (χ1v) is 5.73. The molecule has 2 aromatic heterocycles. The van der Waals surface area contributed by atoms with Crippen LogP contribution < -0.4 is 0 Å². The Labute approximate surface area is 110 Å². The molecule has 0 saturated heterocycles. The summed E-state index contributed by atoms with van der Waals surface area (Å²) in [7, 11) is 3.34. The second-order valence-corrected chi connectivity index (χ2v) is 4.31. The van der Waals surface area contributed by atoms with E-state index in [1.807, 2.05) is 0 Å². The minimum absolute atomic E-state index is 0.0389. The highest BCUT2D eigenvalue weighted by molar-refractivity contribution is 5.93. The molecule has 0 fully saturated rings. The third-order valence-electron chi connectivity index (χ3n) is 2.60. The summed E-state index contributed by atoms with van der Waals surface area (Å²) < 4.78 is 1.50. The molecule has 0 radical (unpaired) electrons. The van der Waals surface area contributed by atoms with Gasteiger partial charge in [0.2, 0.25) is 0 Å². The topological polar surface area (TPSA) is 68.1 Å². The van der Waals surface area contributed by atoms with E-state index in [1.165, 1.54) is 22.7 Å². The van der Waals surface area contributed by atoms with Crippen LogP contribution in [0.1, 0.15) is 27.8 Å². The molecule has 0 aromatic carbocycles. The first kappa shape index (κ1) is 12.9. The van der Waals surface area contributed by atoms with Crippen LogP contribution in [0.2, 0.25) is 0 Å². The van der Waals surface area contributed by atoms with E-state index in [9.17, 15) is 9.59 Å². The first-order valence-electron chi connectivity index (χ1n) is 5.73. The minimum atomic E-state index is -0.167. The van der Waals surface area contributed by atoms with Crippen LogP contribution in [0, 0.1) is 0 Å². The van der Waals surface area contributed by atoms with Gasteiger partial charge in [-0.3, -0.25) is 9.59 Å². The predicted octanol–water partition coefficient (Wildman–Crippen LogP) is 1.17. The molecule has 6 nitrogen and oxygen atoms in total. The van der Waals surface area contributed by atoms with Gasteiger partial charge in [0.05, 0.1) is 0 Å². The second-order valence-electron chi connectivity index (χ2n) is 4.31. The largest absolute Gasteiger partial charge is 0.343 e. The molecule has 0 spiro atoms. The lowest BCUT2D eigenvalue weighted by Crippen LogP contribution is -2.22. The van der Waals surface area contributed by atoms with Crippen LogP contribution in [0.25, 0.3) is 5.82 Å². The van der Waals surface area contributed by atoms with Gasteiger partial charge >= 0.3 is 0 Å². The van der Waals surface area contributed by atoms with Gasteiger partial charge in [0.1, 0.15) is 0 Å². The van der Waals surface area contributed by atoms with Crippen molar-refractivity contribution in [3.05, 3.63) is 41.9 Å². The van der Waals surface area contributed by atoms with Gasteiger partial charge in [0.15, 0.2) is 17.3 Å². The normalized spacial score (nSPS) is 10.3. The molecule has 2 aromatic rings. The SMILES string of the molecule is CC(=O)c1ccc(-n2ccc(C(=O)N(C)C)n2)nc1. The number of aromatic nitrogens is 3. The molecular formula is C13H14N4O2. The van der Waals surface area contributed by atoms with Crippen LogP contribution in [0.4, 0.5) is 0 Å². The lowest BCUT2D eigenvalue weighted by molar-refractivity contribution is 0.0821. The minimum Gasteiger partial charge on any atom is -0.343 e. The molecule has 0 saturated carbocycles. The maximum absolute atomic E-state index is 11.7. The van der Waals surface area contributed by atoms with Crippen LogP contribution in [0.15, 0.2) is 30.6 Å². The zero-order valence-corrected chi connectivity index (χ0v) is 11.0. The summed E-state index contributed by atoms with van der Waals surface area (Å²) in [6.45, 7) is 1.48. The van der Waals surface area contributed by atoms with Gasteiger partial charge in [-0.05, 0) is 25.1 Å². The fourth-order valence-electron chi connectivity index (χ4n) is 1.52. The van der Waals surface area contributed by atoms with E-state index in [1.54, 1.807) is 38.5 Å². The zero-order valence-electron chi connectivity index (χ0n) is 11.0. The fourth-order valence-corrected chi connectivity index (χ4v) is 1.52. The van der Waals surface area contributed by atoms with Crippen LogP contribution in [-0.4, -0.2) is 45.5 Å². The molecule has 0 aliphatic carbocycles. The molecule has 0 atom stereocenters. The van der Waals surface area contributed by atoms with Gasteiger partial charge in [-0.25, -0.2) is 9.67 Å². The Morgan fingerprint density at radius 3 is 2.47 bits per heavy atom. The lowest BCUT2D eigenvalue weighted by atomic mass is 10.2. The summed E-state index contributed by atoms with van der Waals surface area (Å²) in [6.07, 6.45) is 3.15. The third kappa shape index (κ3) is 2.67. The standard InChI is InChI=1S/C13H14N4O2/c1-9(18)10-4-5-12(14-8-10)17-7-6-11(15-17)13(19)16(2)3/h4-8H,1-3H3. The number of carbonyl (C=O) groups is 2. The maximum atomic E-state index is 11.7. The molecule has 1 amide bonds. The van der Waals surface area contributed by atoms with Gasteiger partial charge in [-0.2, -0.15) is 5.10 Å². The first-order chi connectivity index (χ1) is 8.99. The average Bonchev–Trinajstić information content (AvgIpc) is 2.87. The maximum Gasteiger partial charge on any atom is 0.273 e. The Kier molecular flexibility index (Phi) is 3.41. The van der Waals surface area contributed by atoms with E-state index in [2.05, 4.69) is 10.1 Å². The van der Waals surface area contributed by atoms with E-state index >= 15 is 0 Å². The molecule has 0 unspecified atom stereocenters. The molecule has 0 N–H and O–H groups in total. The number of carbonyl (C=O) groups excluding carboxylic acids is 2. The van der Waals surface area contributed by atoms with Crippen molar-refractivity contribution in [2.75, 3.05) is 14.1 Å². The monoisotopic (exact) mass is 258 g/mol. The number of nitrogens with zero attached hydrogens (tertiary/aromatic N) is 4. The van der Waals surface area contributed by atoms with E-state index in [4.69, 9.17) is 0 Å². The summed E-state index contributed by atoms with van der Waals surface area (Å²) in [4.78, 5) is 28.5. The lowest BCUT2D eigenvalue weighted by Gasteiger charge is -2.06. The van der Waals surface area contributed by atoms with E-state index in [-0.39, 0.29) is 11.7 Å². The van der Waals surface area contributed by atoms with Crippen molar-refractivity contribution in [1.82, 2.24) is 19.7 Å². The molecule has 6 heteroatoms. The van der Waals surface area contributed by atoms with Crippen molar-refractivity contribution >= 4 is 11.7 Å². The van der Waals surface area contributed by atoms with Gasteiger partial charge in [-0.15, -0.1) is 0 Å². The fraction of sp³-hybridized carbons (Fsp3) is 0.231. The molecule has 0 bridgehead atoms. The number of pyridine rings is 1. The molecular weight excluding hydrogens is 244 g/mol. The molecule has 0 aliphatic heterocycles. The van der Waals surface area contributed by atoms with E-state index < -0.39 is 0 Å². The Bertz CT molecular complexity index is 614. The molecule has 98 valence electrons. The van der Waals surface area contributed by atoms with Gasteiger partial charge < -0.3 is 4.90 Å². The zero-order chi connectivity index (χ0) is 14.0. The summed E-state index contributed by atoms with van der Waals surface area (Å²) in [5.74, 6) is 0.352. The Morgan fingerprint density at radius 2 is 1.95 bits per heavy atom. The second kappa shape index (κ2) is 5.01. The number of ketones is 1. The Hall–Kier alpha value is -2.50. The quantitative estimate of drug-likeness (QED) is 0.775. The highest BCUT2D eigenvalue weighted by Gasteiger charge is 2.12. The summed E-state index contributed by atoms with van der Waals surface area (Å²) in [6, 6.07) is 5.00. The number of hydrogen-bond donors (Lipinski definition) is 0. The van der Waals surface area contributed by atoms with Crippen molar-refractivity contribution in [1.29, 1.82) is 0 Å². The van der Waals surface area contributed by atoms with Crippen molar-refractivity contribution < 1.29 is 9.59 Å². The highest BCUT2D eigenvalue weighted by atomic mass is 16.2. The van der Waals surface area contributed by atoms with Crippen LogP contribution in [0.3, 0.4) is 0 Å². The van der Waals surface area contributed by atoms with Crippen molar-refractivity contribution in [2.45, 2.75) is 6.92 Å². The van der Waals surface area contributed by atoms with Crippen LogP contribution in [0.5, 0.6) is 0 Å². The van der Waals surface area contributed by atoms with Gasteiger partial charge in [0, 0.05) is 32.1 Å². The van der Waals surface area contributed by atoms with E-state index in [0.717, 1.165) is 0 Å². The molecule has 0 aliphatic rings. The molecule has 2 heterocycles. The number of amides is 1. The van der Waals surface area contributed by atoms with E-state index in [0.29, 0.717) is 17.1 Å². The van der Waals surface area contributed by atoms with Gasteiger partial charge in [0.25, 0.3) is 5.91 Å². The van der Waals surface area contributed by atoms with Crippen molar-refractivity contribution in [2.24, 2.45) is 0 Å². The third-order valence-corrected chi connectivity index (χ3v) is 2.60. The van der Waals surface area contributed by atoms with Crippen molar-refractivity contribution in [3.63, 3.8) is 0 Å². The number of Topliss-reactive ketones (excluding diaryl/α,β-unsaturated/α-hetero) is 1. The Morgan fingerprint density at radius 1 is 1.21 bits per heavy atom. The van der Waals surface area contributed by atoms with Crippen molar-refractivity contribution in [3.8, 4) is 5.82 Å². The number of hydrogen-bond acceptors (Lipinski definition) is 4. The molecule has 2 rings (SSSR count). The Balaban J connectivity index is 2.28. The smallest absolute Gasteiger partial charge is 0.273 e. The van der Waals surface area contributed by atoms with Gasteiger partial charge in [-0.1, -0.05) is 0 Å². The summed E-state index contributed by atoms with van der Waals surface area (Å²) >= 11 is 0. The van der Waals surface area contributed by atoms with Crippen LogP contribution >= 0.6 is 0 Å².